The number of nitrogens with zero attached hydrogens (tertiary/aromatic N) is 2. The molecule has 7 heteroatoms. The first kappa shape index (κ1) is 13.9. The number of hydrogen-bond acceptors (Lipinski definition) is 6. The molecule has 3 N–H and O–H groups in total. The maximum absolute atomic E-state index is 11.9. The maximum atomic E-state index is 11.9. The molecule has 6 nitrogen and oxygen atoms in total. The monoisotopic (exact) mass is 304 g/mol. The van der Waals surface area contributed by atoms with E-state index in [4.69, 9.17) is 10.2 Å². The van der Waals surface area contributed by atoms with E-state index in [0.717, 1.165) is 29.0 Å². The normalized spacial score (nSPS) is 14.1. The number of hydrogen-bond donors (Lipinski definition) is 2. The molecule has 1 aliphatic rings. The molecule has 3 rings (SSSR count). The van der Waals surface area contributed by atoms with Crippen LogP contribution in [0.25, 0.3) is 0 Å². The van der Waals surface area contributed by atoms with Crippen LogP contribution in [0.5, 0.6) is 0 Å². The van der Waals surface area contributed by atoms with Crippen LogP contribution >= 0.6 is 11.8 Å². The predicted octanol–water partition coefficient (Wildman–Crippen LogP) is 2.57. The van der Waals surface area contributed by atoms with Crippen molar-refractivity contribution in [2.45, 2.75) is 30.6 Å². The van der Waals surface area contributed by atoms with Crippen LogP contribution in [0, 0.1) is 6.92 Å². The number of anilines is 2. The number of benzene rings is 1. The Morgan fingerprint density at radius 3 is 3.05 bits per heavy atom. The molecule has 0 aliphatic heterocycles. The third kappa shape index (κ3) is 3.36. The highest BCUT2D eigenvalue weighted by Gasteiger charge is 2.29. The molecule has 21 heavy (non-hydrogen) atoms. The zero-order valence-corrected chi connectivity index (χ0v) is 12.4. The van der Waals surface area contributed by atoms with E-state index >= 15 is 0 Å². The molecule has 1 aromatic heterocycles. The summed E-state index contributed by atoms with van der Waals surface area (Å²) in [5.74, 6) is 1.09. The Morgan fingerprint density at radius 2 is 2.29 bits per heavy atom. The Bertz CT molecular complexity index is 667. The summed E-state index contributed by atoms with van der Waals surface area (Å²) >= 11 is 1.43. The Balaban J connectivity index is 1.54. The fourth-order valence-corrected chi connectivity index (χ4v) is 2.73. The minimum atomic E-state index is -0.173. The number of carbonyl (C=O) groups is 1. The van der Waals surface area contributed by atoms with E-state index in [0.29, 0.717) is 11.8 Å². The second-order valence-electron chi connectivity index (χ2n) is 5.03. The third-order valence-corrected chi connectivity index (χ3v) is 4.46. The van der Waals surface area contributed by atoms with Crippen molar-refractivity contribution in [1.82, 2.24) is 10.2 Å². The first-order chi connectivity index (χ1) is 10.1. The molecule has 2 aromatic rings. The number of carbonyl (C=O) groups excluding carboxylic acids is 1. The summed E-state index contributed by atoms with van der Waals surface area (Å²) < 4.78 is 5.39. The highest BCUT2D eigenvalue weighted by atomic mass is 32.2. The van der Waals surface area contributed by atoms with Gasteiger partial charge in [0.15, 0.2) is 0 Å². The fraction of sp³-hybridized carbons (Fsp3) is 0.357. The lowest BCUT2D eigenvalue weighted by molar-refractivity contribution is -0.113. The van der Waals surface area contributed by atoms with Crippen molar-refractivity contribution in [3.05, 3.63) is 29.7 Å². The number of aromatic nitrogens is 2. The van der Waals surface area contributed by atoms with Crippen LogP contribution in [0.2, 0.25) is 0 Å². The minimum Gasteiger partial charge on any atom is -0.408 e. The van der Waals surface area contributed by atoms with Gasteiger partial charge < -0.3 is 10.2 Å². The smallest absolute Gasteiger partial charge is 0.322 e. The van der Waals surface area contributed by atoms with Crippen molar-refractivity contribution in [3.63, 3.8) is 0 Å². The number of nitrogens with one attached hydrogen (secondary N) is 1. The zero-order chi connectivity index (χ0) is 14.8. The van der Waals surface area contributed by atoms with Crippen molar-refractivity contribution < 1.29 is 9.21 Å². The quantitative estimate of drug-likeness (QED) is 0.651. The first-order valence-electron chi connectivity index (χ1n) is 6.74. The average molecular weight is 304 g/mol. The number of nitrogens with two attached hydrogens (primary N) is 1. The summed E-state index contributed by atoms with van der Waals surface area (Å²) in [6.45, 7) is 1.94. The molecule has 0 spiro atoms. The molecule has 1 aromatic carbocycles. The Kier molecular flexibility index (Phi) is 3.83. The topological polar surface area (TPSA) is 94.0 Å². The molecule has 0 unspecified atom stereocenters. The van der Waals surface area contributed by atoms with Crippen molar-refractivity contribution in [2.75, 3.05) is 16.8 Å². The van der Waals surface area contributed by atoms with Crippen molar-refractivity contribution >= 4 is 29.4 Å². The van der Waals surface area contributed by atoms with Gasteiger partial charge in [0.1, 0.15) is 0 Å². The van der Waals surface area contributed by atoms with E-state index < -0.39 is 0 Å². The average Bonchev–Trinajstić information content (AvgIpc) is 3.21. The van der Waals surface area contributed by atoms with E-state index in [2.05, 4.69) is 15.5 Å². The molecular formula is C14H16N4O2S. The molecule has 110 valence electrons. The molecule has 1 amide bonds. The van der Waals surface area contributed by atoms with E-state index in [1.54, 1.807) is 0 Å². The first-order valence-corrected chi connectivity index (χ1v) is 7.73. The van der Waals surface area contributed by atoms with E-state index in [1.807, 2.05) is 25.1 Å². The molecule has 1 heterocycles. The summed E-state index contributed by atoms with van der Waals surface area (Å²) in [4.78, 5) is 12.9. The molecule has 0 atom stereocenters. The Hall–Kier alpha value is -2.02. The van der Waals surface area contributed by atoms with Crippen LogP contribution in [0.15, 0.2) is 27.5 Å². The SMILES string of the molecule is Cc1c(N)cccc1SCC(=O)Nc1nnc(C2CC2)o1. The number of rotatable bonds is 5. The van der Waals surface area contributed by atoms with Gasteiger partial charge in [-0.1, -0.05) is 11.2 Å². The van der Waals surface area contributed by atoms with Crippen LogP contribution in [0.3, 0.4) is 0 Å². The van der Waals surface area contributed by atoms with Crippen LogP contribution in [0.4, 0.5) is 11.7 Å². The summed E-state index contributed by atoms with van der Waals surface area (Å²) in [5.41, 5.74) is 7.56. The number of nitrogen functional groups attached to an aromatic ring is 1. The fourth-order valence-electron chi connectivity index (χ4n) is 1.87. The Morgan fingerprint density at radius 1 is 1.48 bits per heavy atom. The van der Waals surface area contributed by atoms with Crippen LogP contribution < -0.4 is 11.1 Å². The highest BCUT2D eigenvalue weighted by Crippen LogP contribution is 2.39. The molecule has 0 radical (unpaired) electrons. The van der Waals surface area contributed by atoms with E-state index in [9.17, 15) is 4.79 Å². The number of thioether (sulfide) groups is 1. The summed E-state index contributed by atoms with van der Waals surface area (Å²) in [6.07, 6.45) is 2.17. The maximum Gasteiger partial charge on any atom is 0.322 e. The molecular weight excluding hydrogens is 288 g/mol. The molecule has 0 saturated heterocycles. The summed E-state index contributed by atoms with van der Waals surface area (Å²) in [5, 5.41) is 10.4. The van der Waals surface area contributed by atoms with Gasteiger partial charge in [0.2, 0.25) is 11.8 Å². The van der Waals surface area contributed by atoms with Crippen LogP contribution in [-0.2, 0) is 4.79 Å². The lowest BCUT2D eigenvalue weighted by Crippen LogP contribution is -2.14. The lowest BCUT2D eigenvalue weighted by Gasteiger charge is -2.07. The second kappa shape index (κ2) is 5.77. The molecule has 1 saturated carbocycles. The second-order valence-corrected chi connectivity index (χ2v) is 6.04. The number of amides is 1. The van der Waals surface area contributed by atoms with Crippen molar-refractivity contribution in [1.29, 1.82) is 0 Å². The van der Waals surface area contributed by atoms with Gasteiger partial charge in [-0.3, -0.25) is 10.1 Å². The van der Waals surface area contributed by atoms with Crippen LogP contribution in [-0.4, -0.2) is 21.9 Å². The lowest BCUT2D eigenvalue weighted by atomic mass is 10.2. The van der Waals surface area contributed by atoms with Gasteiger partial charge in [-0.15, -0.1) is 16.9 Å². The summed E-state index contributed by atoms with van der Waals surface area (Å²) in [7, 11) is 0. The highest BCUT2D eigenvalue weighted by molar-refractivity contribution is 8.00. The Labute approximate surface area is 126 Å². The van der Waals surface area contributed by atoms with Gasteiger partial charge in [-0.25, -0.2) is 0 Å². The minimum absolute atomic E-state index is 0.173. The van der Waals surface area contributed by atoms with E-state index in [1.165, 1.54) is 11.8 Å². The van der Waals surface area contributed by atoms with Gasteiger partial charge >= 0.3 is 6.01 Å². The van der Waals surface area contributed by atoms with E-state index in [-0.39, 0.29) is 17.7 Å². The standard InChI is InChI=1S/C14H16N4O2S/c1-8-10(15)3-2-4-11(8)21-7-12(19)16-14-18-17-13(20-14)9-5-6-9/h2-4,9H,5-7,15H2,1H3,(H,16,18,19). The van der Waals surface area contributed by atoms with Crippen molar-refractivity contribution in [2.24, 2.45) is 0 Å². The third-order valence-electron chi connectivity index (χ3n) is 3.30. The predicted molar refractivity (Wildman–Crippen MR) is 81.2 cm³/mol. The van der Waals surface area contributed by atoms with Gasteiger partial charge in [0.05, 0.1) is 5.75 Å². The van der Waals surface area contributed by atoms with Crippen LogP contribution in [0.1, 0.15) is 30.2 Å². The van der Waals surface area contributed by atoms with Gasteiger partial charge in [0, 0.05) is 16.5 Å². The molecule has 1 aliphatic carbocycles. The summed E-state index contributed by atoms with van der Waals surface area (Å²) in [6, 6.07) is 5.84. The van der Waals surface area contributed by atoms with Crippen molar-refractivity contribution in [3.8, 4) is 0 Å². The molecule has 1 fully saturated rings. The largest absolute Gasteiger partial charge is 0.408 e. The molecule has 0 bridgehead atoms. The van der Waals surface area contributed by atoms with Gasteiger partial charge in [0.25, 0.3) is 0 Å². The van der Waals surface area contributed by atoms with Gasteiger partial charge in [-0.2, -0.15) is 0 Å². The van der Waals surface area contributed by atoms with Gasteiger partial charge in [-0.05, 0) is 37.5 Å². The zero-order valence-electron chi connectivity index (χ0n) is 11.6.